The van der Waals surface area contributed by atoms with Crippen molar-refractivity contribution in [2.45, 2.75) is 45.8 Å². The van der Waals surface area contributed by atoms with E-state index < -0.39 is 0 Å². The van der Waals surface area contributed by atoms with Gasteiger partial charge in [-0.05, 0) is 49.7 Å². The SMILES string of the molecule is Cc1cc2c(c(=O)o1)C=C1CC[C@H](C(C)Cn3cc(C#N)c(N)n3)C[C@@H]1O2. The van der Waals surface area contributed by atoms with Crippen LogP contribution in [0.1, 0.15) is 43.1 Å². The van der Waals surface area contributed by atoms with Gasteiger partial charge in [0, 0.05) is 18.8 Å². The Hall–Kier alpha value is -3.01. The van der Waals surface area contributed by atoms with Crippen molar-refractivity contribution >= 4 is 11.9 Å². The fourth-order valence-electron chi connectivity index (χ4n) is 4.08. The van der Waals surface area contributed by atoms with Crippen LogP contribution in [0, 0.1) is 30.1 Å². The summed E-state index contributed by atoms with van der Waals surface area (Å²) in [5.74, 6) is 2.28. The monoisotopic (exact) mass is 366 g/mol. The number of nitrogens with zero attached hydrogens (tertiary/aromatic N) is 3. The molecule has 2 aliphatic rings. The molecule has 1 aliphatic carbocycles. The number of hydrogen-bond donors (Lipinski definition) is 1. The van der Waals surface area contributed by atoms with Gasteiger partial charge in [-0.2, -0.15) is 10.4 Å². The predicted octanol–water partition coefficient (Wildman–Crippen LogP) is 2.88. The fraction of sp³-hybridized carbons (Fsp3) is 0.450. The van der Waals surface area contributed by atoms with E-state index in [1.807, 2.05) is 6.08 Å². The predicted molar refractivity (Wildman–Crippen MR) is 100.0 cm³/mol. The van der Waals surface area contributed by atoms with Gasteiger partial charge in [-0.25, -0.2) is 4.79 Å². The van der Waals surface area contributed by atoms with Crippen LogP contribution in [0.5, 0.6) is 5.75 Å². The second kappa shape index (κ2) is 6.62. The summed E-state index contributed by atoms with van der Waals surface area (Å²) >= 11 is 0. The van der Waals surface area contributed by atoms with E-state index in [0.29, 0.717) is 41.0 Å². The normalized spacial score (nSPS) is 22.0. The maximum absolute atomic E-state index is 12.1. The van der Waals surface area contributed by atoms with Crippen molar-refractivity contribution in [1.82, 2.24) is 9.78 Å². The van der Waals surface area contributed by atoms with Crippen LogP contribution in [0.15, 0.2) is 27.0 Å². The number of aromatic nitrogens is 2. The lowest BCUT2D eigenvalue weighted by Crippen LogP contribution is -2.34. The van der Waals surface area contributed by atoms with E-state index >= 15 is 0 Å². The molecule has 0 saturated heterocycles. The summed E-state index contributed by atoms with van der Waals surface area (Å²) in [6.45, 7) is 4.65. The minimum absolute atomic E-state index is 0.00254. The summed E-state index contributed by atoms with van der Waals surface area (Å²) in [6.07, 6.45) is 6.47. The van der Waals surface area contributed by atoms with Gasteiger partial charge in [-0.1, -0.05) is 6.92 Å². The van der Waals surface area contributed by atoms with Crippen molar-refractivity contribution in [3.63, 3.8) is 0 Å². The summed E-state index contributed by atoms with van der Waals surface area (Å²) in [5.41, 5.74) is 7.51. The largest absolute Gasteiger partial charge is 0.485 e. The maximum atomic E-state index is 12.1. The molecule has 1 fully saturated rings. The number of hydrogen-bond acceptors (Lipinski definition) is 6. The lowest BCUT2D eigenvalue weighted by Gasteiger charge is -2.37. The summed E-state index contributed by atoms with van der Waals surface area (Å²) in [5, 5.41) is 13.3. The van der Waals surface area contributed by atoms with Crippen LogP contribution in [0.25, 0.3) is 6.08 Å². The number of ether oxygens (including phenoxy) is 1. The zero-order chi connectivity index (χ0) is 19.1. The average molecular weight is 366 g/mol. The molecule has 2 aromatic heterocycles. The molecule has 4 rings (SSSR count). The molecule has 3 heterocycles. The van der Waals surface area contributed by atoms with Gasteiger partial charge in [-0.3, -0.25) is 4.68 Å². The Bertz CT molecular complexity index is 1010. The van der Waals surface area contributed by atoms with Crippen molar-refractivity contribution in [2.75, 3.05) is 5.73 Å². The minimum atomic E-state index is -0.337. The summed E-state index contributed by atoms with van der Waals surface area (Å²) in [6, 6.07) is 3.84. The van der Waals surface area contributed by atoms with Crippen molar-refractivity contribution in [2.24, 2.45) is 11.8 Å². The highest BCUT2D eigenvalue weighted by Gasteiger charge is 2.34. The van der Waals surface area contributed by atoms with Crippen molar-refractivity contribution in [1.29, 1.82) is 5.26 Å². The van der Waals surface area contributed by atoms with E-state index in [2.05, 4.69) is 18.1 Å². The highest BCUT2D eigenvalue weighted by molar-refractivity contribution is 5.62. The average Bonchev–Trinajstić information content (AvgIpc) is 2.99. The van der Waals surface area contributed by atoms with Crippen molar-refractivity contribution in [3.05, 3.63) is 45.1 Å². The summed E-state index contributed by atoms with van der Waals surface area (Å²) < 4.78 is 13.1. The van der Waals surface area contributed by atoms with Gasteiger partial charge in [0.05, 0.1) is 0 Å². The van der Waals surface area contributed by atoms with Crippen LogP contribution in [0.2, 0.25) is 0 Å². The van der Waals surface area contributed by atoms with Crippen LogP contribution in [-0.4, -0.2) is 15.9 Å². The molecular formula is C20H22N4O3. The Kier molecular flexibility index (Phi) is 4.27. The molecule has 140 valence electrons. The smallest absolute Gasteiger partial charge is 0.346 e. The molecule has 1 aliphatic heterocycles. The number of nitriles is 1. The molecule has 3 atom stereocenters. The minimum Gasteiger partial charge on any atom is -0.485 e. The third-order valence-electron chi connectivity index (χ3n) is 5.60. The van der Waals surface area contributed by atoms with E-state index in [1.54, 1.807) is 23.9 Å². The van der Waals surface area contributed by atoms with Crippen LogP contribution in [-0.2, 0) is 6.54 Å². The van der Waals surface area contributed by atoms with Gasteiger partial charge in [0.1, 0.15) is 34.8 Å². The topological polar surface area (TPSA) is 107 Å². The van der Waals surface area contributed by atoms with Gasteiger partial charge >= 0.3 is 5.63 Å². The molecule has 1 saturated carbocycles. The fourth-order valence-corrected chi connectivity index (χ4v) is 4.08. The molecule has 0 amide bonds. The van der Waals surface area contributed by atoms with Gasteiger partial charge < -0.3 is 14.9 Å². The van der Waals surface area contributed by atoms with E-state index in [0.717, 1.165) is 24.8 Å². The highest BCUT2D eigenvalue weighted by Crippen LogP contribution is 2.40. The quantitative estimate of drug-likeness (QED) is 0.895. The van der Waals surface area contributed by atoms with E-state index in [9.17, 15) is 4.79 Å². The number of nitrogen functional groups attached to an aromatic ring is 1. The van der Waals surface area contributed by atoms with Crippen LogP contribution in [0.4, 0.5) is 5.82 Å². The first kappa shape index (κ1) is 17.4. The first-order valence-electron chi connectivity index (χ1n) is 9.19. The molecule has 0 radical (unpaired) electrons. The van der Waals surface area contributed by atoms with Crippen molar-refractivity contribution < 1.29 is 9.15 Å². The molecule has 7 nitrogen and oxygen atoms in total. The number of fused-ring (bicyclic) bond motifs is 2. The zero-order valence-corrected chi connectivity index (χ0v) is 15.4. The van der Waals surface area contributed by atoms with E-state index in [1.165, 1.54) is 0 Å². The van der Waals surface area contributed by atoms with Crippen molar-refractivity contribution in [3.8, 4) is 11.8 Å². The number of aryl methyl sites for hydroxylation is 1. The maximum Gasteiger partial charge on any atom is 0.346 e. The number of anilines is 1. The first-order valence-corrected chi connectivity index (χ1v) is 9.19. The van der Waals surface area contributed by atoms with Gasteiger partial charge in [0.15, 0.2) is 5.82 Å². The van der Waals surface area contributed by atoms with Gasteiger partial charge in [-0.15, -0.1) is 0 Å². The Morgan fingerprint density at radius 3 is 3.07 bits per heavy atom. The lowest BCUT2D eigenvalue weighted by atomic mass is 9.76. The zero-order valence-electron chi connectivity index (χ0n) is 15.4. The Morgan fingerprint density at radius 1 is 1.52 bits per heavy atom. The Morgan fingerprint density at radius 2 is 2.33 bits per heavy atom. The summed E-state index contributed by atoms with van der Waals surface area (Å²) in [4.78, 5) is 12.1. The third kappa shape index (κ3) is 3.23. The molecule has 2 N–H and O–H groups in total. The molecule has 0 bridgehead atoms. The summed E-state index contributed by atoms with van der Waals surface area (Å²) in [7, 11) is 0. The molecule has 27 heavy (non-hydrogen) atoms. The number of nitrogens with two attached hydrogens (primary N) is 1. The van der Waals surface area contributed by atoms with Crippen LogP contribution < -0.4 is 16.1 Å². The van der Waals surface area contributed by atoms with Gasteiger partial charge in [0.25, 0.3) is 0 Å². The third-order valence-corrected chi connectivity index (χ3v) is 5.60. The van der Waals surface area contributed by atoms with Gasteiger partial charge in [0.2, 0.25) is 0 Å². The van der Waals surface area contributed by atoms with Crippen LogP contribution >= 0.6 is 0 Å². The standard InChI is InChI=1S/C20H22N4O3/c1-11(9-24-10-15(8-21)19(22)23-24)13-3-4-14-6-16-18(27-17(14)7-13)5-12(2)26-20(16)25/h5-6,10-11,13,17H,3-4,7,9H2,1-2H3,(H2,22,23)/t11?,13-,17-/m0/s1. The lowest BCUT2D eigenvalue weighted by molar-refractivity contribution is 0.134. The molecule has 0 spiro atoms. The molecule has 7 heteroatoms. The first-order chi connectivity index (χ1) is 12.9. The van der Waals surface area contributed by atoms with E-state index in [4.69, 9.17) is 20.1 Å². The van der Waals surface area contributed by atoms with Crippen LogP contribution in [0.3, 0.4) is 0 Å². The molecule has 2 aromatic rings. The highest BCUT2D eigenvalue weighted by atomic mass is 16.5. The number of rotatable bonds is 3. The Labute approximate surface area is 157 Å². The second-order valence-corrected chi connectivity index (χ2v) is 7.52. The molecular weight excluding hydrogens is 344 g/mol. The molecule has 1 unspecified atom stereocenters. The second-order valence-electron chi connectivity index (χ2n) is 7.52. The van der Waals surface area contributed by atoms with E-state index in [-0.39, 0.29) is 17.5 Å². The Balaban J connectivity index is 1.49. The molecule has 0 aromatic carbocycles.